The second kappa shape index (κ2) is 8.01. The molecule has 0 radical (unpaired) electrons. The van der Waals surface area contributed by atoms with E-state index in [1.165, 1.54) is 6.07 Å². The second-order valence-corrected chi connectivity index (χ2v) is 7.52. The summed E-state index contributed by atoms with van der Waals surface area (Å²) in [6.07, 6.45) is 0.575. The molecule has 0 aromatic heterocycles. The van der Waals surface area contributed by atoms with Crippen molar-refractivity contribution in [2.75, 3.05) is 6.54 Å². The number of sulfonamides is 1. The highest BCUT2D eigenvalue weighted by molar-refractivity contribution is 7.90. The Labute approximate surface area is 157 Å². The first kappa shape index (κ1) is 18.6. The third-order valence-corrected chi connectivity index (χ3v) is 5.40. The zero-order chi connectivity index (χ0) is 19.3. The van der Waals surface area contributed by atoms with Gasteiger partial charge in [0.05, 0.1) is 16.5 Å². The lowest BCUT2D eigenvalue weighted by atomic mass is 10.1. The standard InChI is InChI=1S/C19H17N3O4S/c20-12-14-6-1-2-7-15(14)13-26-18(23)10-5-11-21-19-16-8-3-4-9-17(16)27(24,25)22-19/h1-4,6-9H,5,10-11,13H2,(H,21,22). The van der Waals surface area contributed by atoms with Crippen molar-refractivity contribution < 1.29 is 17.9 Å². The fourth-order valence-electron chi connectivity index (χ4n) is 2.65. The summed E-state index contributed by atoms with van der Waals surface area (Å²) in [5.41, 5.74) is 1.67. The van der Waals surface area contributed by atoms with Gasteiger partial charge in [0.15, 0.2) is 0 Å². The number of carbonyl (C=O) groups excluding carboxylic acids is 1. The Kier molecular flexibility index (Phi) is 5.52. The normalized spacial score (nSPS) is 15.6. The van der Waals surface area contributed by atoms with Crippen molar-refractivity contribution in [3.05, 3.63) is 65.2 Å². The number of nitriles is 1. The molecule has 8 heteroatoms. The predicted molar refractivity (Wildman–Crippen MR) is 98.4 cm³/mol. The molecule has 0 bridgehead atoms. The lowest BCUT2D eigenvalue weighted by molar-refractivity contribution is -0.145. The van der Waals surface area contributed by atoms with Crippen molar-refractivity contribution in [1.29, 1.82) is 5.26 Å². The molecule has 138 valence electrons. The van der Waals surface area contributed by atoms with Gasteiger partial charge in [-0.15, -0.1) is 0 Å². The topological polar surface area (TPSA) is 109 Å². The number of amidine groups is 1. The van der Waals surface area contributed by atoms with E-state index in [2.05, 4.69) is 15.8 Å². The maximum absolute atomic E-state index is 12.0. The first-order valence-electron chi connectivity index (χ1n) is 8.31. The Morgan fingerprint density at radius 2 is 1.89 bits per heavy atom. The van der Waals surface area contributed by atoms with Crippen molar-refractivity contribution in [2.24, 2.45) is 4.99 Å². The van der Waals surface area contributed by atoms with Crippen molar-refractivity contribution in [1.82, 2.24) is 4.72 Å². The number of nitrogens with zero attached hydrogens (tertiary/aromatic N) is 2. The molecule has 1 N–H and O–H groups in total. The molecule has 1 aliphatic rings. The number of rotatable bonds is 6. The Morgan fingerprint density at radius 3 is 2.70 bits per heavy atom. The van der Waals surface area contributed by atoms with E-state index in [-0.39, 0.29) is 24.5 Å². The number of aliphatic imine (C=N–C) groups is 1. The SMILES string of the molecule is N#Cc1ccccc1COC(=O)CCCN=C1NS(=O)(=O)c2ccccc21. The van der Waals surface area contributed by atoms with Crippen molar-refractivity contribution in [3.63, 3.8) is 0 Å². The average molecular weight is 383 g/mol. The average Bonchev–Trinajstić information content (AvgIpc) is 2.94. The molecule has 2 aromatic carbocycles. The van der Waals surface area contributed by atoms with E-state index in [4.69, 9.17) is 10.00 Å². The molecule has 0 atom stereocenters. The predicted octanol–water partition coefficient (Wildman–Crippen LogP) is 2.12. The zero-order valence-electron chi connectivity index (χ0n) is 14.4. The third kappa shape index (κ3) is 4.33. The summed E-state index contributed by atoms with van der Waals surface area (Å²) in [6, 6.07) is 15.6. The van der Waals surface area contributed by atoms with E-state index >= 15 is 0 Å². The van der Waals surface area contributed by atoms with Crippen LogP contribution in [0.25, 0.3) is 0 Å². The van der Waals surface area contributed by atoms with E-state index in [1.807, 2.05) is 0 Å². The minimum absolute atomic E-state index is 0.0459. The number of fused-ring (bicyclic) bond motifs is 1. The minimum atomic E-state index is -3.55. The van der Waals surface area contributed by atoms with Crippen molar-refractivity contribution >= 4 is 21.8 Å². The number of esters is 1. The van der Waals surface area contributed by atoms with Crippen LogP contribution < -0.4 is 4.72 Å². The number of hydrogen-bond donors (Lipinski definition) is 1. The summed E-state index contributed by atoms with van der Waals surface area (Å²) in [4.78, 5) is 16.3. The van der Waals surface area contributed by atoms with E-state index in [1.54, 1.807) is 42.5 Å². The first-order valence-corrected chi connectivity index (χ1v) is 9.80. The fourth-order valence-corrected chi connectivity index (χ4v) is 3.90. The molecule has 27 heavy (non-hydrogen) atoms. The van der Waals surface area contributed by atoms with Crippen LogP contribution in [0, 0.1) is 11.3 Å². The van der Waals surface area contributed by atoms with Crippen molar-refractivity contribution in [2.45, 2.75) is 24.3 Å². The number of hydrogen-bond acceptors (Lipinski definition) is 6. The molecule has 0 fully saturated rings. The van der Waals surface area contributed by atoms with Gasteiger partial charge >= 0.3 is 5.97 Å². The molecule has 1 aliphatic heterocycles. The van der Waals surface area contributed by atoms with Gasteiger partial charge in [-0.25, -0.2) is 8.42 Å². The molecular weight excluding hydrogens is 366 g/mol. The number of carbonyl (C=O) groups is 1. The number of benzene rings is 2. The van der Waals surface area contributed by atoms with Gasteiger partial charge in [0.2, 0.25) is 0 Å². The molecule has 1 heterocycles. The van der Waals surface area contributed by atoms with Gasteiger partial charge in [0.25, 0.3) is 10.0 Å². The molecule has 0 spiro atoms. The smallest absolute Gasteiger partial charge is 0.306 e. The van der Waals surface area contributed by atoms with Crippen LogP contribution in [0.4, 0.5) is 0 Å². The molecule has 2 aromatic rings. The van der Waals surface area contributed by atoms with E-state index in [9.17, 15) is 13.2 Å². The Hall–Kier alpha value is -3.18. The van der Waals surface area contributed by atoms with E-state index in [0.29, 0.717) is 28.9 Å². The summed E-state index contributed by atoms with van der Waals surface area (Å²) in [6.45, 7) is 0.334. The van der Waals surface area contributed by atoms with Crippen LogP contribution in [0.5, 0.6) is 0 Å². The summed E-state index contributed by atoms with van der Waals surface area (Å²) in [5.74, 6) is -0.0998. The maximum Gasteiger partial charge on any atom is 0.306 e. The lowest BCUT2D eigenvalue weighted by Crippen LogP contribution is -2.22. The molecular formula is C19H17N3O4S. The highest BCUT2D eigenvalue weighted by Gasteiger charge is 2.29. The van der Waals surface area contributed by atoms with Gasteiger partial charge in [-0.1, -0.05) is 30.3 Å². The zero-order valence-corrected chi connectivity index (χ0v) is 15.2. The molecule has 0 aliphatic carbocycles. The molecule has 0 saturated carbocycles. The van der Waals surface area contributed by atoms with Gasteiger partial charge in [-0.3, -0.25) is 14.5 Å². The van der Waals surface area contributed by atoms with Crippen LogP contribution in [-0.2, 0) is 26.2 Å². The summed E-state index contributed by atoms with van der Waals surface area (Å²) in [5, 5.41) is 9.01. The first-order chi connectivity index (χ1) is 13.0. The molecule has 0 amide bonds. The van der Waals surface area contributed by atoms with Gasteiger partial charge in [0.1, 0.15) is 12.4 Å². The molecule has 3 rings (SSSR count). The van der Waals surface area contributed by atoms with Gasteiger partial charge < -0.3 is 4.74 Å². The quantitative estimate of drug-likeness (QED) is 0.607. The molecule has 0 saturated heterocycles. The Balaban J connectivity index is 1.50. The van der Waals surface area contributed by atoms with E-state index < -0.39 is 16.0 Å². The third-order valence-electron chi connectivity index (χ3n) is 4.00. The Morgan fingerprint density at radius 1 is 1.15 bits per heavy atom. The van der Waals surface area contributed by atoms with Gasteiger partial charge in [-0.05, 0) is 24.6 Å². The summed E-state index contributed by atoms with van der Waals surface area (Å²) >= 11 is 0. The van der Waals surface area contributed by atoms with Crippen LogP contribution >= 0.6 is 0 Å². The van der Waals surface area contributed by atoms with Crippen LogP contribution in [0.15, 0.2) is 58.4 Å². The summed E-state index contributed by atoms with van der Waals surface area (Å²) in [7, 11) is -3.55. The van der Waals surface area contributed by atoms with Crippen LogP contribution in [-0.4, -0.2) is 26.8 Å². The van der Waals surface area contributed by atoms with E-state index in [0.717, 1.165) is 0 Å². The van der Waals surface area contributed by atoms with Crippen molar-refractivity contribution in [3.8, 4) is 6.07 Å². The molecule has 7 nitrogen and oxygen atoms in total. The summed E-state index contributed by atoms with van der Waals surface area (Å²) < 4.78 is 31.6. The van der Waals surface area contributed by atoms with Gasteiger partial charge in [0, 0.05) is 24.1 Å². The maximum atomic E-state index is 12.0. The monoisotopic (exact) mass is 383 g/mol. The lowest BCUT2D eigenvalue weighted by Gasteiger charge is -2.06. The Bertz CT molecular complexity index is 1040. The van der Waals surface area contributed by atoms with Crippen LogP contribution in [0.2, 0.25) is 0 Å². The number of nitrogens with one attached hydrogen (secondary N) is 1. The second-order valence-electron chi connectivity index (χ2n) is 5.87. The molecule has 0 unspecified atom stereocenters. The van der Waals surface area contributed by atoms with Crippen LogP contribution in [0.1, 0.15) is 29.5 Å². The number of ether oxygens (including phenoxy) is 1. The van der Waals surface area contributed by atoms with Crippen LogP contribution in [0.3, 0.4) is 0 Å². The highest BCUT2D eigenvalue weighted by Crippen LogP contribution is 2.22. The fraction of sp³-hybridized carbons (Fsp3) is 0.211. The largest absolute Gasteiger partial charge is 0.461 e. The minimum Gasteiger partial charge on any atom is -0.461 e. The van der Waals surface area contributed by atoms with Gasteiger partial charge in [-0.2, -0.15) is 5.26 Å². The highest BCUT2D eigenvalue weighted by atomic mass is 32.2.